The van der Waals surface area contributed by atoms with Crippen LogP contribution in [0.2, 0.25) is 0 Å². The average Bonchev–Trinajstić information content (AvgIpc) is 2.68. The first-order chi connectivity index (χ1) is 13.0. The first kappa shape index (κ1) is 20.1. The number of ether oxygens (including phenoxy) is 2. The van der Waals surface area contributed by atoms with Crippen LogP contribution in [0.25, 0.3) is 0 Å². The lowest BCUT2D eigenvalue weighted by Gasteiger charge is -2.14. The van der Waals surface area contributed by atoms with Gasteiger partial charge in [-0.15, -0.1) is 0 Å². The molecule has 0 bridgehead atoms. The molecule has 0 aliphatic carbocycles. The van der Waals surface area contributed by atoms with Gasteiger partial charge in [-0.25, -0.2) is 0 Å². The number of methoxy groups -OCH3 is 2. The van der Waals surface area contributed by atoms with E-state index in [1.807, 2.05) is 13.0 Å². The fourth-order valence-electron chi connectivity index (χ4n) is 2.41. The maximum absolute atomic E-state index is 12.3. The van der Waals surface area contributed by atoms with Gasteiger partial charge in [0.05, 0.1) is 26.5 Å². The second-order valence-electron chi connectivity index (χ2n) is 5.90. The number of anilines is 3. The third-order valence-corrected chi connectivity index (χ3v) is 3.96. The monoisotopic (exact) mass is 371 g/mol. The molecule has 2 rings (SSSR count). The Balaban J connectivity index is 2.02. The van der Waals surface area contributed by atoms with E-state index < -0.39 is 0 Å². The Bertz CT molecular complexity index is 821. The zero-order chi connectivity index (χ0) is 19.8. The lowest BCUT2D eigenvalue weighted by Crippen LogP contribution is -2.22. The zero-order valence-corrected chi connectivity index (χ0v) is 16.0. The first-order valence-electron chi connectivity index (χ1n) is 8.63. The van der Waals surface area contributed by atoms with Crippen molar-refractivity contribution in [1.82, 2.24) is 0 Å². The van der Waals surface area contributed by atoms with E-state index in [0.29, 0.717) is 35.0 Å². The molecule has 0 aromatic heterocycles. The molecule has 2 aromatic rings. The Kier molecular flexibility index (Phi) is 7.05. The molecule has 0 fully saturated rings. The Morgan fingerprint density at radius 1 is 0.926 bits per heavy atom. The Hall–Kier alpha value is -3.22. The number of carbonyl (C=O) groups is 2. The van der Waals surface area contributed by atoms with Crippen LogP contribution >= 0.6 is 0 Å². The van der Waals surface area contributed by atoms with Crippen LogP contribution in [0, 0.1) is 6.92 Å². The van der Waals surface area contributed by atoms with Gasteiger partial charge in [0.1, 0.15) is 11.5 Å². The van der Waals surface area contributed by atoms with Crippen LogP contribution in [0.1, 0.15) is 18.9 Å². The minimum Gasteiger partial charge on any atom is -0.497 e. The normalized spacial score (nSPS) is 10.1. The van der Waals surface area contributed by atoms with Gasteiger partial charge >= 0.3 is 0 Å². The molecule has 144 valence electrons. The van der Waals surface area contributed by atoms with Gasteiger partial charge in [-0.1, -0.05) is 13.0 Å². The summed E-state index contributed by atoms with van der Waals surface area (Å²) in [7, 11) is 3.13. The molecule has 7 nitrogen and oxygen atoms in total. The van der Waals surface area contributed by atoms with Crippen molar-refractivity contribution in [1.29, 1.82) is 0 Å². The van der Waals surface area contributed by atoms with Crippen LogP contribution in [0.4, 0.5) is 17.1 Å². The summed E-state index contributed by atoms with van der Waals surface area (Å²) in [5, 5.41) is 8.67. The van der Waals surface area contributed by atoms with Crippen LogP contribution in [0.3, 0.4) is 0 Å². The molecule has 2 aromatic carbocycles. The lowest BCUT2D eigenvalue weighted by atomic mass is 10.1. The number of amides is 2. The SMILES string of the molecule is CCC(=O)Nc1cc(NC(=O)CNc2cc(OC)ccc2OC)ccc1C. The molecular weight excluding hydrogens is 346 g/mol. The number of benzene rings is 2. The molecular formula is C20H25N3O4. The van der Waals surface area contributed by atoms with Crippen molar-refractivity contribution in [3.8, 4) is 11.5 Å². The topological polar surface area (TPSA) is 88.7 Å². The van der Waals surface area contributed by atoms with Crippen LogP contribution in [-0.2, 0) is 9.59 Å². The van der Waals surface area contributed by atoms with Crippen molar-refractivity contribution >= 4 is 28.9 Å². The standard InChI is InChI=1S/C20H25N3O4/c1-5-19(24)23-16-10-14(7-6-13(16)2)22-20(25)12-21-17-11-15(26-3)8-9-18(17)27-4/h6-11,21H,5,12H2,1-4H3,(H,22,25)(H,23,24). The van der Waals surface area contributed by atoms with Gasteiger partial charge in [-0.2, -0.15) is 0 Å². The van der Waals surface area contributed by atoms with Gasteiger partial charge in [-0.05, 0) is 36.8 Å². The fourth-order valence-corrected chi connectivity index (χ4v) is 2.41. The molecule has 0 unspecified atom stereocenters. The van der Waals surface area contributed by atoms with Crippen molar-refractivity contribution < 1.29 is 19.1 Å². The summed E-state index contributed by atoms with van der Waals surface area (Å²) >= 11 is 0. The van der Waals surface area contributed by atoms with E-state index >= 15 is 0 Å². The summed E-state index contributed by atoms with van der Waals surface area (Å²) in [5.41, 5.74) is 2.87. The molecule has 27 heavy (non-hydrogen) atoms. The minimum absolute atomic E-state index is 0.0497. The molecule has 0 aliphatic heterocycles. The Labute approximate surface area is 159 Å². The highest BCUT2D eigenvalue weighted by Gasteiger charge is 2.09. The summed E-state index contributed by atoms with van der Waals surface area (Å²) in [6.45, 7) is 3.73. The highest BCUT2D eigenvalue weighted by Crippen LogP contribution is 2.28. The summed E-state index contributed by atoms with van der Waals surface area (Å²) in [4.78, 5) is 23.9. The molecule has 2 amide bonds. The predicted molar refractivity (Wildman–Crippen MR) is 107 cm³/mol. The van der Waals surface area contributed by atoms with Crippen molar-refractivity contribution in [2.75, 3.05) is 36.7 Å². The van der Waals surface area contributed by atoms with Gasteiger partial charge in [0.2, 0.25) is 11.8 Å². The van der Waals surface area contributed by atoms with Crippen LogP contribution in [-0.4, -0.2) is 32.6 Å². The molecule has 3 N–H and O–H groups in total. The zero-order valence-electron chi connectivity index (χ0n) is 16.0. The van der Waals surface area contributed by atoms with E-state index in [-0.39, 0.29) is 18.4 Å². The number of hydrogen-bond acceptors (Lipinski definition) is 5. The maximum atomic E-state index is 12.3. The van der Waals surface area contributed by atoms with Gasteiger partial charge in [0.25, 0.3) is 0 Å². The Morgan fingerprint density at radius 3 is 2.37 bits per heavy atom. The predicted octanol–water partition coefficient (Wildman–Crippen LogP) is 3.41. The molecule has 0 radical (unpaired) electrons. The quantitative estimate of drug-likeness (QED) is 0.662. The molecule has 0 atom stereocenters. The van der Waals surface area contributed by atoms with Crippen LogP contribution in [0.15, 0.2) is 36.4 Å². The number of nitrogens with one attached hydrogen (secondary N) is 3. The van der Waals surface area contributed by atoms with Crippen LogP contribution < -0.4 is 25.4 Å². The molecule has 0 aliphatic rings. The minimum atomic E-state index is -0.225. The van der Waals surface area contributed by atoms with Crippen molar-refractivity contribution in [2.24, 2.45) is 0 Å². The summed E-state index contributed by atoms with van der Waals surface area (Å²) < 4.78 is 10.5. The highest BCUT2D eigenvalue weighted by molar-refractivity contribution is 5.96. The van der Waals surface area contributed by atoms with Crippen molar-refractivity contribution in [3.05, 3.63) is 42.0 Å². The number of rotatable bonds is 8. The smallest absolute Gasteiger partial charge is 0.243 e. The van der Waals surface area contributed by atoms with Crippen LogP contribution in [0.5, 0.6) is 11.5 Å². The van der Waals surface area contributed by atoms with Crippen molar-refractivity contribution in [3.63, 3.8) is 0 Å². The number of carbonyl (C=O) groups excluding carboxylic acids is 2. The summed E-state index contributed by atoms with van der Waals surface area (Å²) in [6, 6.07) is 10.7. The largest absolute Gasteiger partial charge is 0.497 e. The average molecular weight is 371 g/mol. The second-order valence-corrected chi connectivity index (χ2v) is 5.90. The number of hydrogen-bond donors (Lipinski definition) is 3. The van der Waals surface area contributed by atoms with E-state index in [1.54, 1.807) is 51.5 Å². The lowest BCUT2D eigenvalue weighted by molar-refractivity contribution is -0.116. The van der Waals surface area contributed by atoms with E-state index in [9.17, 15) is 9.59 Å². The van der Waals surface area contributed by atoms with Gasteiger partial charge in [-0.3, -0.25) is 9.59 Å². The number of aryl methyl sites for hydroxylation is 1. The van der Waals surface area contributed by atoms with Crippen molar-refractivity contribution in [2.45, 2.75) is 20.3 Å². The second kappa shape index (κ2) is 9.47. The third kappa shape index (κ3) is 5.64. The Morgan fingerprint density at radius 2 is 1.70 bits per heavy atom. The fraction of sp³-hybridized carbons (Fsp3) is 0.300. The third-order valence-electron chi connectivity index (χ3n) is 3.96. The van der Waals surface area contributed by atoms with E-state index in [2.05, 4.69) is 16.0 Å². The first-order valence-corrected chi connectivity index (χ1v) is 8.63. The van der Waals surface area contributed by atoms with Gasteiger partial charge in [0.15, 0.2) is 0 Å². The highest BCUT2D eigenvalue weighted by atomic mass is 16.5. The maximum Gasteiger partial charge on any atom is 0.243 e. The van der Waals surface area contributed by atoms with E-state index in [1.165, 1.54) is 0 Å². The van der Waals surface area contributed by atoms with Gasteiger partial charge < -0.3 is 25.4 Å². The molecule has 0 saturated heterocycles. The summed E-state index contributed by atoms with van der Waals surface area (Å²) in [5.74, 6) is 0.974. The molecule has 0 spiro atoms. The molecule has 0 heterocycles. The van der Waals surface area contributed by atoms with E-state index in [0.717, 1.165) is 5.56 Å². The van der Waals surface area contributed by atoms with E-state index in [4.69, 9.17) is 9.47 Å². The molecule has 0 saturated carbocycles. The van der Waals surface area contributed by atoms with Gasteiger partial charge in [0, 0.05) is 23.9 Å². The molecule has 7 heteroatoms. The summed E-state index contributed by atoms with van der Waals surface area (Å²) in [6.07, 6.45) is 0.391.